The van der Waals surface area contributed by atoms with Crippen molar-refractivity contribution in [1.29, 1.82) is 0 Å². The van der Waals surface area contributed by atoms with Crippen molar-refractivity contribution in [2.24, 2.45) is 0 Å². The number of thioether (sulfide) groups is 1. The third-order valence-electron chi connectivity index (χ3n) is 3.51. The Hall–Kier alpha value is 0.270. The molecule has 2 nitrogen and oxygen atoms in total. The van der Waals surface area contributed by atoms with Gasteiger partial charge in [0, 0.05) is 31.2 Å². The summed E-state index contributed by atoms with van der Waals surface area (Å²) in [6.45, 7) is 7.08. The molecule has 0 amide bonds. The van der Waals surface area contributed by atoms with Crippen molar-refractivity contribution in [1.82, 2.24) is 10.2 Å². The Kier molecular flexibility index (Phi) is 3.74. The fourth-order valence-corrected chi connectivity index (χ4v) is 3.93. The molecule has 2 rings (SSSR count). The van der Waals surface area contributed by atoms with E-state index in [1.165, 1.54) is 37.4 Å². The van der Waals surface area contributed by atoms with Crippen LogP contribution >= 0.6 is 11.8 Å². The van der Waals surface area contributed by atoms with Gasteiger partial charge in [-0.15, -0.1) is 0 Å². The minimum absolute atomic E-state index is 0.729. The van der Waals surface area contributed by atoms with E-state index < -0.39 is 0 Å². The summed E-state index contributed by atoms with van der Waals surface area (Å²) in [5.41, 5.74) is 0. The van der Waals surface area contributed by atoms with Crippen LogP contribution in [0.1, 0.15) is 26.7 Å². The van der Waals surface area contributed by atoms with Gasteiger partial charge in [0.1, 0.15) is 0 Å². The molecule has 2 heterocycles. The van der Waals surface area contributed by atoms with Crippen molar-refractivity contribution in [3.63, 3.8) is 0 Å². The number of hydrogen-bond donors (Lipinski definition) is 1. The molecule has 82 valence electrons. The molecule has 0 aliphatic carbocycles. The Morgan fingerprint density at radius 1 is 1.07 bits per heavy atom. The first kappa shape index (κ1) is 10.8. The summed E-state index contributed by atoms with van der Waals surface area (Å²) in [5.74, 6) is 2.74. The fourth-order valence-electron chi connectivity index (χ4n) is 2.85. The number of nitrogens with one attached hydrogen (secondary N) is 1. The largest absolute Gasteiger partial charge is 0.314 e. The zero-order chi connectivity index (χ0) is 9.97. The van der Waals surface area contributed by atoms with Gasteiger partial charge in [-0.1, -0.05) is 0 Å². The van der Waals surface area contributed by atoms with Gasteiger partial charge >= 0.3 is 0 Å². The average Bonchev–Trinajstić information content (AvgIpc) is 2.19. The normalized spacial score (nSPS) is 37.3. The maximum Gasteiger partial charge on any atom is 0.0198 e. The first-order valence-electron chi connectivity index (χ1n) is 5.85. The molecule has 0 unspecified atom stereocenters. The first-order chi connectivity index (χ1) is 6.79. The smallest absolute Gasteiger partial charge is 0.0198 e. The molecule has 1 N–H and O–H groups in total. The third-order valence-corrected chi connectivity index (χ3v) is 4.56. The quantitative estimate of drug-likeness (QED) is 0.713. The van der Waals surface area contributed by atoms with Gasteiger partial charge in [-0.25, -0.2) is 0 Å². The van der Waals surface area contributed by atoms with Crippen LogP contribution in [-0.4, -0.2) is 47.6 Å². The highest BCUT2D eigenvalue weighted by atomic mass is 32.2. The number of nitrogens with zero attached hydrogens (tertiary/aromatic N) is 1. The molecule has 2 atom stereocenters. The van der Waals surface area contributed by atoms with Crippen LogP contribution in [0.5, 0.6) is 0 Å². The van der Waals surface area contributed by atoms with Gasteiger partial charge in [-0.2, -0.15) is 11.8 Å². The van der Waals surface area contributed by atoms with Crippen molar-refractivity contribution >= 4 is 11.8 Å². The Labute approximate surface area is 91.8 Å². The lowest BCUT2D eigenvalue weighted by atomic mass is 10.0. The average molecular weight is 214 g/mol. The van der Waals surface area contributed by atoms with Gasteiger partial charge < -0.3 is 5.32 Å². The summed E-state index contributed by atoms with van der Waals surface area (Å²) < 4.78 is 0. The molecule has 3 heteroatoms. The highest BCUT2D eigenvalue weighted by Crippen LogP contribution is 2.25. The topological polar surface area (TPSA) is 15.3 Å². The Morgan fingerprint density at radius 2 is 1.64 bits per heavy atom. The Morgan fingerprint density at radius 3 is 2.21 bits per heavy atom. The minimum Gasteiger partial charge on any atom is -0.314 e. The van der Waals surface area contributed by atoms with Crippen molar-refractivity contribution < 1.29 is 0 Å². The van der Waals surface area contributed by atoms with E-state index in [0.29, 0.717) is 0 Å². The maximum absolute atomic E-state index is 3.51. The summed E-state index contributed by atoms with van der Waals surface area (Å²) in [6, 6.07) is 2.32. The summed E-state index contributed by atoms with van der Waals surface area (Å²) in [6.07, 6.45) is 2.80. The summed E-state index contributed by atoms with van der Waals surface area (Å²) >= 11 is 2.12. The Balaban J connectivity index is 1.97. The van der Waals surface area contributed by atoms with Crippen molar-refractivity contribution in [3.05, 3.63) is 0 Å². The highest BCUT2D eigenvalue weighted by molar-refractivity contribution is 7.99. The Bertz CT molecular complexity index is 170. The van der Waals surface area contributed by atoms with Gasteiger partial charge in [0.25, 0.3) is 0 Å². The second-order valence-corrected chi connectivity index (χ2v) is 5.87. The monoisotopic (exact) mass is 214 g/mol. The molecule has 2 aliphatic rings. The van der Waals surface area contributed by atoms with E-state index in [0.717, 1.165) is 18.1 Å². The molecule has 0 bridgehead atoms. The van der Waals surface area contributed by atoms with Crippen LogP contribution < -0.4 is 5.32 Å². The van der Waals surface area contributed by atoms with E-state index in [-0.39, 0.29) is 0 Å². The van der Waals surface area contributed by atoms with Crippen molar-refractivity contribution in [2.45, 2.75) is 44.8 Å². The standard InChI is InChI=1S/C11H22N2S/c1-9-7-12-8-10(2)13(9)11-3-5-14-6-4-11/h9-12H,3-8H2,1-2H3/t9-,10+. The first-order valence-corrected chi connectivity index (χ1v) is 7.00. The lowest BCUT2D eigenvalue weighted by Gasteiger charge is -2.45. The lowest BCUT2D eigenvalue weighted by Crippen LogP contribution is -2.59. The molecule has 0 saturated carbocycles. The highest BCUT2D eigenvalue weighted by Gasteiger charge is 2.31. The number of hydrogen-bond acceptors (Lipinski definition) is 3. The second-order valence-electron chi connectivity index (χ2n) is 4.65. The van der Waals surface area contributed by atoms with Gasteiger partial charge in [0.15, 0.2) is 0 Å². The maximum atomic E-state index is 3.51. The molecule has 0 aromatic heterocycles. The number of piperazine rings is 1. The molecule has 0 radical (unpaired) electrons. The zero-order valence-corrected chi connectivity index (χ0v) is 10.1. The molecule has 14 heavy (non-hydrogen) atoms. The van der Waals surface area contributed by atoms with Crippen LogP contribution in [0.2, 0.25) is 0 Å². The number of rotatable bonds is 1. The van der Waals surface area contributed by atoms with E-state index >= 15 is 0 Å². The van der Waals surface area contributed by atoms with Gasteiger partial charge in [-0.05, 0) is 38.2 Å². The predicted molar refractivity (Wildman–Crippen MR) is 64.0 cm³/mol. The lowest BCUT2D eigenvalue weighted by molar-refractivity contribution is 0.0621. The van der Waals surface area contributed by atoms with Gasteiger partial charge in [0.2, 0.25) is 0 Å². The van der Waals surface area contributed by atoms with Crippen LogP contribution in [0, 0.1) is 0 Å². The van der Waals surface area contributed by atoms with Crippen molar-refractivity contribution in [3.8, 4) is 0 Å². The van der Waals surface area contributed by atoms with E-state index in [1.54, 1.807) is 0 Å². The van der Waals surface area contributed by atoms with E-state index in [4.69, 9.17) is 0 Å². The summed E-state index contributed by atoms with van der Waals surface area (Å²) in [7, 11) is 0. The molecule has 2 saturated heterocycles. The van der Waals surface area contributed by atoms with Gasteiger partial charge in [-0.3, -0.25) is 4.90 Å². The molecule has 2 fully saturated rings. The third kappa shape index (κ3) is 2.26. The molecular formula is C11H22N2S. The van der Waals surface area contributed by atoms with E-state index in [9.17, 15) is 0 Å². The SMILES string of the molecule is C[C@@H]1CNC[C@H](C)N1C1CCSCC1. The molecular weight excluding hydrogens is 192 g/mol. The molecule has 0 aromatic carbocycles. The fraction of sp³-hybridized carbons (Fsp3) is 1.00. The minimum atomic E-state index is 0.729. The van der Waals surface area contributed by atoms with Crippen LogP contribution in [0.25, 0.3) is 0 Å². The second kappa shape index (κ2) is 4.86. The molecule has 0 aromatic rings. The predicted octanol–water partition coefficient (Wildman–Crippen LogP) is 1.56. The van der Waals surface area contributed by atoms with Crippen molar-refractivity contribution in [2.75, 3.05) is 24.6 Å². The van der Waals surface area contributed by atoms with E-state index in [1.807, 2.05) is 0 Å². The summed E-state index contributed by atoms with van der Waals surface area (Å²) in [4.78, 5) is 2.76. The van der Waals surface area contributed by atoms with Gasteiger partial charge in [0.05, 0.1) is 0 Å². The zero-order valence-electron chi connectivity index (χ0n) is 9.33. The molecule has 0 spiro atoms. The summed E-state index contributed by atoms with van der Waals surface area (Å²) in [5, 5.41) is 3.51. The van der Waals surface area contributed by atoms with Crippen LogP contribution in [0.4, 0.5) is 0 Å². The van der Waals surface area contributed by atoms with Crippen LogP contribution in [0.15, 0.2) is 0 Å². The van der Waals surface area contributed by atoms with Crippen LogP contribution in [0.3, 0.4) is 0 Å². The van der Waals surface area contributed by atoms with Crippen LogP contribution in [-0.2, 0) is 0 Å². The molecule has 2 aliphatic heterocycles. The van der Waals surface area contributed by atoms with E-state index in [2.05, 4.69) is 35.8 Å².